The van der Waals surface area contributed by atoms with Crippen LogP contribution in [0.2, 0.25) is 0 Å². The highest BCUT2D eigenvalue weighted by Gasteiger charge is 2.44. The van der Waals surface area contributed by atoms with Gasteiger partial charge in [0.2, 0.25) is 5.79 Å². The highest BCUT2D eigenvalue weighted by atomic mass is 17.2. The van der Waals surface area contributed by atoms with Crippen LogP contribution in [0.25, 0.3) is 10.9 Å². The molecule has 2 aromatic rings. The van der Waals surface area contributed by atoms with E-state index in [1.807, 2.05) is 20.0 Å². The Hall–Kier alpha value is -1.73. The van der Waals surface area contributed by atoms with Crippen LogP contribution in [0.5, 0.6) is 0 Å². The van der Waals surface area contributed by atoms with Crippen LogP contribution in [0.4, 0.5) is 5.69 Å². The molecule has 1 aromatic heterocycles. The van der Waals surface area contributed by atoms with E-state index in [-0.39, 0.29) is 5.60 Å². The molecule has 5 rings (SSSR count). The summed E-state index contributed by atoms with van der Waals surface area (Å²) in [6.45, 7) is 10.1. The minimum atomic E-state index is -0.500. The maximum absolute atomic E-state index is 6.08. The number of hydrogen-bond acceptors (Lipinski definition) is 6. The van der Waals surface area contributed by atoms with Crippen LogP contribution in [0.3, 0.4) is 0 Å². The second kappa shape index (κ2) is 10.7. The molecule has 35 heavy (non-hydrogen) atoms. The van der Waals surface area contributed by atoms with Gasteiger partial charge in [-0.25, -0.2) is 9.78 Å². The number of fused-ring (bicyclic) bond motifs is 1. The molecule has 2 saturated carbocycles. The van der Waals surface area contributed by atoms with Crippen molar-refractivity contribution in [1.82, 2.24) is 10.3 Å². The summed E-state index contributed by atoms with van der Waals surface area (Å²) in [5.74, 6) is 1.78. The SMILES string of the molecule is Cc1ccc2c(NCC3CCC(CNCC4CCC5(CC4)OCC(C)(C)OO5)CC3)ccnc2c1. The zero-order valence-electron chi connectivity index (χ0n) is 21.8. The molecule has 1 saturated heterocycles. The number of pyridine rings is 1. The van der Waals surface area contributed by atoms with Crippen molar-refractivity contribution in [1.29, 1.82) is 0 Å². The molecule has 2 aliphatic carbocycles. The van der Waals surface area contributed by atoms with Crippen LogP contribution in [-0.4, -0.2) is 42.6 Å². The lowest BCUT2D eigenvalue weighted by molar-refractivity contribution is -0.512. The standard InChI is InChI=1S/C29H43N3O3/c1-21-4-9-25-26(12-15-31-27(25)16-21)32-19-23-7-5-22(6-8-23)17-30-18-24-10-13-29(14-11-24)33-20-28(2,3)34-35-29/h4,9,12,15-16,22-24,30H,5-8,10-11,13-14,17-20H2,1-3H3,(H,31,32). The van der Waals surface area contributed by atoms with E-state index >= 15 is 0 Å². The van der Waals surface area contributed by atoms with Crippen molar-refractivity contribution in [3.63, 3.8) is 0 Å². The third-order valence-electron chi connectivity index (χ3n) is 8.28. The Kier molecular flexibility index (Phi) is 7.63. The molecule has 192 valence electrons. The van der Waals surface area contributed by atoms with Crippen LogP contribution < -0.4 is 10.6 Å². The van der Waals surface area contributed by atoms with E-state index in [1.54, 1.807) is 0 Å². The third-order valence-corrected chi connectivity index (χ3v) is 8.28. The minimum Gasteiger partial charge on any atom is -0.384 e. The second-order valence-electron chi connectivity index (χ2n) is 11.9. The van der Waals surface area contributed by atoms with Gasteiger partial charge in [-0.2, -0.15) is 0 Å². The van der Waals surface area contributed by atoms with Gasteiger partial charge < -0.3 is 15.4 Å². The second-order valence-corrected chi connectivity index (χ2v) is 11.9. The summed E-state index contributed by atoms with van der Waals surface area (Å²) in [7, 11) is 0. The molecule has 1 aromatic carbocycles. The van der Waals surface area contributed by atoms with E-state index in [2.05, 4.69) is 46.8 Å². The molecule has 0 radical (unpaired) electrons. The Morgan fingerprint density at radius 3 is 2.26 bits per heavy atom. The Morgan fingerprint density at radius 2 is 1.57 bits per heavy atom. The molecule has 2 N–H and O–H groups in total. The number of nitrogens with zero attached hydrogens (tertiary/aromatic N) is 1. The van der Waals surface area contributed by atoms with Crippen LogP contribution in [0.15, 0.2) is 30.5 Å². The van der Waals surface area contributed by atoms with Crippen molar-refractivity contribution in [2.45, 2.75) is 83.5 Å². The van der Waals surface area contributed by atoms with Crippen molar-refractivity contribution < 1.29 is 14.5 Å². The lowest BCUT2D eigenvalue weighted by Crippen LogP contribution is -2.51. The van der Waals surface area contributed by atoms with Gasteiger partial charge in [-0.05, 0) is 108 Å². The lowest BCUT2D eigenvalue weighted by Gasteiger charge is -2.45. The van der Waals surface area contributed by atoms with Crippen LogP contribution >= 0.6 is 0 Å². The van der Waals surface area contributed by atoms with Crippen molar-refractivity contribution in [2.24, 2.45) is 17.8 Å². The molecule has 1 aliphatic heterocycles. The molecule has 2 heterocycles. The van der Waals surface area contributed by atoms with Gasteiger partial charge in [0.05, 0.1) is 12.1 Å². The largest absolute Gasteiger partial charge is 0.384 e. The van der Waals surface area contributed by atoms with Crippen LogP contribution in [0, 0.1) is 24.7 Å². The molecule has 1 spiro atoms. The Labute approximate surface area is 210 Å². The number of rotatable bonds is 7. The molecule has 0 unspecified atom stereocenters. The summed E-state index contributed by atoms with van der Waals surface area (Å²) in [4.78, 5) is 15.8. The summed E-state index contributed by atoms with van der Waals surface area (Å²) in [5, 5.41) is 8.74. The Bertz CT molecular complexity index is 966. The van der Waals surface area contributed by atoms with Gasteiger partial charge in [0.25, 0.3) is 0 Å². The van der Waals surface area contributed by atoms with Crippen molar-refractivity contribution >= 4 is 16.6 Å². The predicted molar refractivity (Wildman–Crippen MR) is 140 cm³/mol. The van der Waals surface area contributed by atoms with Gasteiger partial charge in [0, 0.05) is 36.7 Å². The average molecular weight is 482 g/mol. The first-order valence-corrected chi connectivity index (χ1v) is 13.7. The molecule has 3 fully saturated rings. The Balaban J connectivity index is 0.980. The number of anilines is 1. The maximum Gasteiger partial charge on any atom is 0.201 e. The molecule has 6 heteroatoms. The number of ether oxygens (including phenoxy) is 1. The van der Waals surface area contributed by atoms with Crippen molar-refractivity contribution in [3.05, 3.63) is 36.0 Å². The van der Waals surface area contributed by atoms with Gasteiger partial charge in [-0.1, -0.05) is 12.1 Å². The van der Waals surface area contributed by atoms with E-state index in [1.165, 1.54) is 42.3 Å². The van der Waals surface area contributed by atoms with Gasteiger partial charge in [-0.15, -0.1) is 0 Å². The fourth-order valence-corrected chi connectivity index (χ4v) is 5.89. The summed E-state index contributed by atoms with van der Waals surface area (Å²) >= 11 is 0. The molecule has 0 amide bonds. The normalized spacial score (nSPS) is 31.0. The summed E-state index contributed by atoms with van der Waals surface area (Å²) in [6.07, 6.45) is 11.4. The third kappa shape index (κ3) is 6.34. The predicted octanol–water partition coefficient (Wildman–Crippen LogP) is 5.99. The van der Waals surface area contributed by atoms with E-state index < -0.39 is 5.79 Å². The quantitative estimate of drug-likeness (QED) is 0.473. The van der Waals surface area contributed by atoms with Crippen molar-refractivity contribution in [2.75, 3.05) is 31.6 Å². The fraction of sp³-hybridized carbons (Fsp3) is 0.690. The lowest BCUT2D eigenvalue weighted by atomic mass is 9.81. The first-order chi connectivity index (χ1) is 16.9. The van der Waals surface area contributed by atoms with Gasteiger partial charge in [-0.3, -0.25) is 4.98 Å². The zero-order valence-corrected chi connectivity index (χ0v) is 21.8. The van der Waals surface area contributed by atoms with E-state index in [9.17, 15) is 0 Å². The topological polar surface area (TPSA) is 64.6 Å². The first kappa shape index (κ1) is 24.9. The molecule has 3 aliphatic rings. The highest BCUT2D eigenvalue weighted by molar-refractivity contribution is 5.91. The summed E-state index contributed by atoms with van der Waals surface area (Å²) < 4.78 is 6.08. The zero-order chi connectivity index (χ0) is 24.3. The van der Waals surface area contributed by atoms with Crippen LogP contribution in [-0.2, 0) is 14.5 Å². The van der Waals surface area contributed by atoms with Crippen molar-refractivity contribution in [3.8, 4) is 0 Å². The fourth-order valence-electron chi connectivity index (χ4n) is 5.89. The van der Waals surface area contributed by atoms with Crippen LogP contribution in [0.1, 0.15) is 70.8 Å². The Morgan fingerprint density at radius 1 is 0.886 bits per heavy atom. The van der Waals surface area contributed by atoms with E-state index in [0.717, 1.165) is 62.7 Å². The number of aryl methyl sites for hydroxylation is 1. The molecular weight excluding hydrogens is 438 g/mol. The molecule has 6 nitrogen and oxygen atoms in total. The highest BCUT2D eigenvalue weighted by Crippen LogP contribution is 2.40. The molecule has 0 bridgehead atoms. The summed E-state index contributed by atoms with van der Waals surface area (Å²) in [5.41, 5.74) is 3.21. The monoisotopic (exact) mass is 481 g/mol. The van der Waals surface area contributed by atoms with E-state index in [0.29, 0.717) is 12.5 Å². The smallest absolute Gasteiger partial charge is 0.201 e. The number of benzene rings is 1. The average Bonchev–Trinajstić information content (AvgIpc) is 2.86. The van der Waals surface area contributed by atoms with Gasteiger partial charge >= 0.3 is 0 Å². The van der Waals surface area contributed by atoms with Gasteiger partial charge in [0.1, 0.15) is 5.60 Å². The molecule has 0 atom stereocenters. The minimum absolute atomic E-state index is 0.342. The van der Waals surface area contributed by atoms with E-state index in [4.69, 9.17) is 14.5 Å². The maximum atomic E-state index is 6.08. The number of hydrogen-bond donors (Lipinski definition) is 2. The molecular formula is C29H43N3O3. The van der Waals surface area contributed by atoms with Gasteiger partial charge in [0.15, 0.2) is 0 Å². The summed E-state index contributed by atoms with van der Waals surface area (Å²) in [6, 6.07) is 8.64. The number of nitrogens with one attached hydrogen (secondary N) is 2. The number of aromatic nitrogens is 1. The first-order valence-electron chi connectivity index (χ1n) is 13.7.